The molecule has 1 aliphatic rings. The fourth-order valence-corrected chi connectivity index (χ4v) is 2.06. The fraction of sp³-hybridized carbons (Fsp3) is 0.636. The first-order valence-electron chi connectivity index (χ1n) is 6.03. The highest BCUT2D eigenvalue weighted by molar-refractivity contribution is 5.94. The summed E-state index contributed by atoms with van der Waals surface area (Å²) in [4.78, 5) is 29.0. The van der Waals surface area contributed by atoms with Gasteiger partial charge in [-0.15, -0.1) is 5.10 Å². The van der Waals surface area contributed by atoms with Crippen LogP contribution < -0.4 is 5.73 Å². The molecule has 1 aromatic heterocycles. The summed E-state index contributed by atoms with van der Waals surface area (Å²) in [7, 11) is 0. The van der Waals surface area contributed by atoms with Crippen molar-refractivity contribution in [2.24, 2.45) is 5.73 Å². The molecule has 7 nitrogen and oxygen atoms in total. The van der Waals surface area contributed by atoms with Gasteiger partial charge in [0.2, 0.25) is 11.7 Å². The Morgan fingerprint density at radius 2 is 2.22 bits per heavy atom. The van der Waals surface area contributed by atoms with Gasteiger partial charge in [-0.2, -0.15) is 0 Å². The van der Waals surface area contributed by atoms with Gasteiger partial charge in [-0.25, -0.2) is 4.98 Å². The molecule has 2 amide bonds. The summed E-state index contributed by atoms with van der Waals surface area (Å²) < 4.78 is 0. The number of nitrogens with one attached hydrogen (secondary N) is 1. The van der Waals surface area contributed by atoms with Crippen molar-refractivity contribution in [1.29, 1.82) is 0 Å². The van der Waals surface area contributed by atoms with Crippen molar-refractivity contribution in [3.63, 3.8) is 0 Å². The molecule has 1 fully saturated rings. The van der Waals surface area contributed by atoms with E-state index in [1.54, 1.807) is 0 Å². The first kappa shape index (κ1) is 12.5. The van der Waals surface area contributed by atoms with Crippen molar-refractivity contribution in [2.75, 3.05) is 6.54 Å². The van der Waals surface area contributed by atoms with Crippen LogP contribution in [0.25, 0.3) is 0 Å². The molecule has 1 saturated heterocycles. The van der Waals surface area contributed by atoms with Gasteiger partial charge in [0, 0.05) is 12.5 Å². The van der Waals surface area contributed by atoms with E-state index >= 15 is 0 Å². The van der Waals surface area contributed by atoms with Gasteiger partial charge in [0.15, 0.2) is 0 Å². The Morgan fingerprint density at radius 1 is 1.50 bits per heavy atom. The second-order valence-corrected chi connectivity index (χ2v) is 4.76. The number of carbonyl (C=O) groups is 2. The van der Waals surface area contributed by atoms with Crippen LogP contribution in [0.1, 0.15) is 49.1 Å². The molecule has 0 saturated carbocycles. The number of nitrogens with two attached hydrogens (primary N) is 1. The molecule has 7 heteroatoms. The van der Waals surface area contributed by atoms with Crippen molar-refractivity contribution in [2.45, 2.75) is 38.6 Å². The molecule has 0 radical (unpaired) electrons. The molecule has 0 bridgehead atoms. The highest BCUT2D eigenvalue weighted by Crippen LogP contribution is 2.19. The minimum absolute atomic E-state index is 0.104. The fourth-order valence-electron chi connectivity index (χ4n) is 2.06. The normalized spacial score (nSPS) is 19.5. The number of rotatable bonds is 3. The summed E-state index contributed by atoms with van der Waals surface area (Å²) in [6.07, 6.45) is 1.39. The Labute approximate surface area is 105 Å². The zero-order valence-corrected chi connectivity index (χ0v) is 10.5. The second kappa shape index (κ2) is 4.75. The van der Waals surface area contributed by atoms with Gasteiger partial charge >= 0.3 is 0 Å². The number of H-pyrrole nitrogens is 1. The van der Waals surface area contributed by atoms with Gasteiger partial charge in [-0.05, 0) is 12.8 Å². The largest absolute Gasteiger partial charge is 0.368 e. The smallest absolute Gasteiger partial charge is 0.294 e. The summed E-state index contributed by atoms with van der Waals surface area (Å²) in [6.45, 7) is 4.44. The number of primary amides is 1. The third kappa shape index (κ3) is 2.20. The lowest BCUT2D eigenvalue weighted by Crippen LogP contribution is -2.44. The zero-order valence-electron chi connectivity index (χ0n) is 10.5. The van der Waals surface area contributed by atoms with Crippen molar-refractivity contribution >= 4 is 11.8 Å². The Morgan fingerprint density at radius 3 is 2.78 bits per heavy atom. The summed E-state index contributed by atoms with van der Waals surface area (Å²) in [5.41, 5.74) is 5.28. The van der Waals surface area contributed by atoms with Crippen LogP contribution in [0.4, 0.5) is 0 Å². The average Bonchev–Trinajstić information content (AvgIpc) is 2.97. The van der Waals surface area contributed by atoms with Crippen LogP contribution in [0, 0.1) is 0 Å². The van der Waals surface area contributed by atoms with Crippen molar-refractivity contribution in [3.05, 3.63) is 11.6 Å². The average molecular weight is 251 g/mol. The lowest BCUT2D eigenvalue weighted by atomic mass is 10.2. The van der Waals surface area contributed by atoms with E-state index < -0.39 is 11.9 Å². The maximum absolute atomic E-state index is 12.2. The Balaban J connectivity index is 2.17. The predicted molar refractivity (Wildman–Crippen MR) is 63.7 cm³/mol. The number of aromatic nitrogens is 3. The Hall–Kier alpha value is -1.92. The van der Waals surface area contributed by atoms with Gasteiger partial charge < -0.3 is 10.6 Å². The molecule has 0 aromatic carbocycles. The van der Waals surface area contributed by atoms with E-state index in [0.29, 0.717) is 18.8 Å². The Bertz CT molecular complexity index is 468. The third-order valence-corrected chi connectivity index (χ3v) is 3.08. The predicted octanol–water partition coefficient (Wildman–Crippen LogP) is 0.0180. The lowest BCUT2D eigenvalue weighted by Gasteiger charge is -2.20. The maximum atomic E-state index is 12.2. The van der Waals surface area contributed by atoms with Crippen LogP contribution in [0.3, 0.4) is 0 Å². The monoisotopic (exact) mass is 251 g/mol. The van der Waals surface area contributed by atoms with Gasteiger partial charge in [0.05, 0.1) is 0 Å². The summed E-state index contributed by atoms with van der Waals surface area (Å²) >= 11 is 0. The number of hydrogen-bond acceptors (Lipinski definition) is 4. The molecule has 0 aliphatic carbocycles. The first-order valence-corrected chi connectivity index (χ1v) is 6.03. The topological polar surface area (TPSA) is 105 Å². The van der Waals surface area contributed by atoms with Crippen LogP contribution >= 0.6 is 0 Å². The van der Waals surface area contributed by atoms with Crippen LogP contribution in [-0.2, 0) is 4.79 Å². The number of likely N-dealkylation sites (tertiary alicyclic amines) is 1. The second-order valence-electron chi connectivity index (χ2n) is 4.76. The van der Waals surface area contributed by atoms with Gasteiger partial charge in [0.1, 0.15) is 11.9 Å². The van der Waals surface area contributed by atoms with Crippen molar-refractivity contribution < 1.29 is 9.59 Å². The van der Waals surface area contributed by atoms with Crippen molar-refractivity contribution in [3.8, 4) is 0 Å². The first-order chi connectivity index (χ1) is 8.50. The Kier molecular flexibility index (Phi) is 3.31. The molecule has 18 heavy (non-hydrogen) atoms. The molecule has 98 valence electrons. The number of aromatic amines is 1. The maximum Gasteiger partial charge on any atom is 0.294 e. The number of amides is 2. The summed E-state index contributed by atoms with van der Waals surface area (Å²) in [6, 6.07) is -0.529. The van der Waals surface area contributed by atoms with Gasteiger partial charge in [-0.1, -0.05) is 13.8 Å². The molecule has 1 unspecified atom stereocenters. The van der Waals surface area contributed by atoms with E-state index in [1.165, 1.54) is 4.90 Å². The van der Waals surface area contributed by atoms with Crippen molar-refractivity contribution in [1.82, 2.24) is 20.1 Å². The molecule has 2 rings (SSSR count). The van der Waals surface area contributed by atoms with E-state index in [9.17, 15) is 9.59 Å². The van der Waals surface area contributed by atoms with E-state index in [1.807, 2.05) is 13.8 Å². The quantitative estimate of drug-likeness (QED) is 0.789. The van der Waals surface area contributed by atoms with E-state index in [-0.39, 0.29) is 17.6 Å². The number of nitrogens with zero attached hydrogens (tertiary/aromatic N) is 3. The minimum atomic E-state index is -0.529. The standard InChI is InChI=1S/C11H17N5O2/c1-6(2)9-13-10(15-14-9)11(18)16-5-3-4-7(16)8(12)17/h6-7H,3-5H2,1-2H3,(H2,12,17)(H,13,14,15). The molecule has 0 spiro atoms. The van der Waals surface area contributed by atoms with Crippen LogP contribution in [0.2, 0.25) is 0 Å². The van der Waals surface area contributed by atoms with E-state index in [0.717, 1.165) is 6.42 Å². The van der Waals surface area contributed by atoms with Gasteiger partial charge in [0.25, 0.3) is 5.91 Å². The molecule has 1 aromatic rings. The molecule has 2 heterocycles. The van der Waals surface area contributed by atoms with E-state index in [4.69, 9.17) is 5.73 Å². The van der Waals surface area contributed by atoms with E-state index in [2.05, 4.69) is 15.2 Å². The number of carbonyl (C=O) groups excluding carboxylic acids is 2. The van der Waals surface area contributed by atoms with Crippen LogP contribution in [0.5, 0.6) is 0 Å². The summed E-state index contributed by atoms with van der Waals surface area (Å²) in [5.74, 6) is 0.129. The molecule has 1 aliphatic heterocycles. The van der Waals surface area contributed by atoms with Crippen LogP contribution in [-0.4, -0.2) is 44.5 Å². The zero-order chi connectivity index (χ0) is 13.3. The van der Waals surface area contributed by atoms with Crippen LogP contribution in [0.15, 0.2) is 0 Å². The molecule has 3 N–H and O–H groups in total. The minimum Gasteiger partial charge on any atom is -0.368 e. The number of hydrogen-bond donors (Lipinski definition) is 2. The molecular formula is C11H17N5O2. The molecular weight excluding hydrogens is 234 g/mol. The molecule has 1 atom stereocenters. The third-order valence-electron chi connectivity index (χ3n) is 3.08. The lowest BCUT2D eigenvalue weighted by molar-refractivity contribution is -0.121. The SMILES string of the molecule is CC(C)c1nc(C(=O)N2CCCC2C(N)=O)n[nH]1. The highest BCUT2D eigenvalue weighted by Gasteiger charge is 2.34. The van der Waals surface area contributed by atoms with Gasteiger partial charge in [-0.3, -0.25) is 14.7 Å². The highest BCUT2D eigenvalue weighted by atomic mass is 16.2. The summed E-state index contributed by atoms with van der Waals surface area (Å²) in [5, 5.41) is 6.63.